The molecule has 2 saturated carbocycles. The predicted octanol–water partition coefficient (Wildman–Crippen LogP) is 2.29. The minimum absolute atomic E-state index is 0.296. The summed E-state index contributed by atoms with van der Waals surface area (Å²) in [5.41, 5.74) is 1.39. The number of rotatable bonds is 3. The molecule has 4 rings (SSSR count). The van der Waals surface area contributed by atoms with Crippen molar-refractivity contribution in [2.45, 2.75) is 37.6 Å². The number of carbonyl (C=O) groups excluding carboxylic acids is 1. The molecule has 1 saturated heterocycles. The zero-order chi connectivity index (χ0) is 14.2. The number of hydrogen-bond acceptors (Lipinski definition) is 2. The minimum Gasteiger partial charge on any atom is -0.352 e. The van der Waals surface area contributed by atoms with E-state index < -0.39 is 0 Å². The molecule has 1 amide bonds. The molecule has 1 aliphatic heterocycles. The number of nitrogens with one attached hydrogen (secondary N) is 2. The Bertz CT molecular complexity index is 505. The predicted molar refractivity (Wildman–Crippen MR) is 82.9 cm³/mol. The van der Waals surface area contributed by atoms with Crippen LogP contribution in [0.5, 0.6) is 0 Å². The second kappa shape index (κ2) is 5.45. The van der Waals surface area contributed by atoms with Crippen LogP contribution in [0.4, 0.5) is 0 Å². The molecule has 0 bridgehead atoms. The second-order valence-corrected chi connectivity index (χ2v) is 6.93. The van der Waals surface area contributed by atoms with E-state index >= 15 is 0 Å². The van der Waals surface area contributed by atoms with Crippen LogP contribution < -0.4 is 10.6 Å². The lowest BCUT2D eigenvalue weighted by Gasteiger charge is -2.33. The number of hydrogen-bond donors (Lipinski definition) is 2. The Morgan fingerprint density at radius 2 is 1.76 bits per heavy atom. The topological polar surface area (TPSA) is 41.1 Å². The summed E-state index contributed by atoms with van der Waals surface area (Å²) in [6, 6.07) is 11.1. The third-order valence-electron chi connectivity index (χ3n) is 5.72. The number of amides is 1. The van der Waals surface area contributed by atoms with Gasteiger partial charge in [-0.25, -0.2) is 0 Å². The smallest absolute Gasteiger partial charge is 0.224 e. The van der Waals surface area contributed by atoms with Crippen molar-refractivity contribution in [1.82, 2.24) is 10.6 Å². The van der Waals surface area contributed by atoms with Gasteiger partial charge in [-0.2, -0.15) is 0 Å². The molecule has 1 aromatic rings. The van der Waals surface area contributed by atoms with Crippen molar-refractivity contribution in [3.8, 4) is 0 Å². The lowest BCUT2D eigenvalue weighted by molar-refractivity contribution is -0.124. The van der Waals surface area contributed by atoms with Crippen LogP contribution in [-0.2, 0) is 4.79 Å². The fourth-order valence-corrected chi connectivity index (χ4v) is 4.49. The van der Waals surface area contributed by atoms with E-state index in [-0.39, 0.29) is 0 Å². The van der Waals surface area contributed by atoms with Crippen molar-refractivity contribution in [2.75, 3.05) is 13.1 Å². The van der Waals surface area contributed by atoms with E-state index in [0.717, 1.165) is 19.5 Å². The van der Waals surface area contributed by atoms with Gasteiger partial charge in [-0.05, 0) is 43.3 Å². The van der Waals surface area contributed by atoms with Gasteiger partial charge in [0.15, 0.2) is 0 Å². The zero-order valence-corrected chi connectivity index (χ0v) is 12.4. The average Bonchev–Trinajstić information content (AvgIpc) is 3.02. The van der Waals surface area contributed by atoms with Gasteiger partial charge in [0.1, 0.15) is 0 Å². The van der Waals surface area contributed by atoms with Crippen LogP contribution in [0.1, 0.15) is 37.2 Å². The van der Waals surface area contributed by atoms with Crippen LogP contribution >= 0.6 is 0 Å². The fourth-order valence-electron chi connectivity index (χ4n) is 4.49. The molecule has 2 N–H and O–H groups in total. The number of benzene rings is 1. The molecule has 5 atom stereocenters. The van der Waals surface area contributed by atoms with Crippen molar-refractivity contribution in [1.29, 1.82) is 0 Å². The van der Waals surface area contributed by atoms with Crippen LogP contribution in [0.25, 0.3) is 0 Å². The molecule has 112 valence electrons. The highest BCUT2D eigenvalue weighted by molar-refractivity contribution is 5.83. The van der Waals surface area contributed by atoms with E-state index in [4.69, 9.17) is 0 Å². The quantitative estimate of drug-likeness (QED) is 0.894. The first-order valence-corrected chi connectivity index (χ1v) is 8.40. The summed E-state index contributed by atoms with van der Waals surface area (Å²) in [5, 5.41) is 6.76. The monoisotopic (exact) mass is 284 g/mol. The first kappa shape index (κ1) is 13.3. The molecule has 1 heterocycles. The number of carbonyl (C=O) groups is 1. The van der Waals surface area contributed by atoms with E-state index in [1.807, 2.05) is 0 Å². The fraction of sp³-hybridized carbons (Fsp3) is 0.611. The van der Waals surface area contributed by atoms with Crippen LogP contribution in [0.15, 0.2) is 30.3 Å². The van der Waals surface area contributed by atoms with Gasteiger partial charge >= 0.3 is 0 Å². The van der Waals surface area contributed by atoms with Crippen LogP contribution in [0.3, 0.4) is 0 Å². The van der Waals surface area contributed by atoms with Gasteiger partial charge in [-0.3, -0.25) is 4.79 Å². The van der Waals surface area contributed by atoms with Crippen molar-refractivity contribution in [3.63, 3.8) is 0 Å². The largest absolute Gasteiger partial charge is 0.352 e. The zero-order valence-electron chi connectivity index (χ0n) is 12.4. The molecule has 1 aromatic carbocycles. The Labute approximate surface area is 126 Å². The van der Waals surface area contributed by atoms with Gasteiger partial charge in [0, 0.05) is 17.9 Å². The molecular weight excluding hydrogens is 260 g/mol. The maximum Gasteiger partial charge on any atom is 0.224 e. The maximum atomic E-state index is 12.5. The number of piperidine rings is 1. The van der Waals surface area contributed by atoms with Crippen LogP contribution in [0.2, 0.25) is 0 Å². The third kappa shape index (κ3) is 2.48. The standard InChI is InChI=1S/C18H24N2O/c21-18(17-14-10-19-11-15(14)17)20-16-9-5-4-8-13(16)12-6-2-1-3-7-12/h1-3,6-7,13-17,19H,4-5,8-11H2,(H,20,21)/t13?,14-,15+,16?,17?. The molecule has 0 aromatic heterocycles. The molecule has 0 radical (unpaired) electrons. The Hall–Kier alpha value is -1.35. The van der Waals surface area contributed by atoms with Crippen LogP contribution in [-0.4, -0.2) is 25.0 Å². The van der Waals surface area contributed by atoms with Gasteiger partial charge in [-0.1, -0.05) is 43.2 Å². The van der Waals surface area contributed by atoms with E-state index in [2.05, 4.69) is 41.0 Å². The molecule has 3 nitrogen and oxygen atoms in total. The SMILES string of the molecule is O=C(NC1CCCCC1c1ccccc1)C1[C@H]2CNC[C@@H]12. The van der Waals surface area contributed by atoms with Crippen molar-refractivity contribution in [2.24, 2.45) is 17.8 Å². The lowest BCUT2D eigenvalue weighted by atomic mass is 9.80. The average molecular weight is 284 g/mol. The van der Waals surface area contributed by atoms with Gasteiger partial charge in [0.05, 0.1) is 0 Å². The van der Waals surface area contributed by atoms with Gasteiger partial charge in [0.2, 0.25) is 5.91 Å². The third-order valence-corrected chi connectivity index (χ3v) is 5.72. The maximum absolute atomic E-state index is 12.5. The Morgan fingerprint density at radius 1 is 1.05 bits per heavy atom. The highest BCUT2D eigenvalue weighted by Crippen LogP contribution is 2.49. The first-order chi connectivity index (χ1) is 10.3. The number of fused-ring (bicyclic) bond motifs is 1. The van der Waals surface area contributed by atoms with Gasteiger partial charge < -0.3 is 10.6 Å². The molecule has 3 fully saturated rings. The summed E-state index contributed by atoms with van der Waals surface area (Å²) < 4.78 is 0. The molecule has 3 unspecified atom stereocenters. The molecule has 21 heavy (non-hydrogen) atoms. The lowest BCUT2D eigenvalue weighted by Crippen LogP contribution is -2.42. The first-order valence-electron chi connectivity index (χ1n) is 8.40. The normalized spacial score (nSPS) is 37.8. The summed E-state index contributed by atoms with van der Waals surface area (Å²) in [5.74, 6) is 2.34. The molecular formula is C18H24N2O. The van der Waals surface area contributed by atoms with Gasteiger partial charge in [0.25, 0.3) is 0 Å². The molecule has 2 aliphatic carbocycles. The second-order valence-electron chi connectivity index (χ2n) is 6.93. The molecule has 3 heteroatoms. The van der Waals surface area contributed by atoms with Crippen molar-refractivity contribution in [3.05, 3.63) is 35.9 Å². The van der Waals surface area contributed by atoms with Crippen LogP contribution in [0, 0.1) is 17.8 Å². The summed E-state index contributed by atoms with van der Waals surface area (Å²) in [6.07, 6.45) is 4.86. The highest BCUT2D eigenvalue weighted by Gasteiger charge is 2.57. The van der Waals surface area contributed by atoms with E-state index in [0.29, 0.717) is 35.6 Å². The Kier molecular flexibility index (Phi) is 3.46. The molecule has 0 spiro atoms. The van der Waals surface area contributed by atoms with E-state index in [1.165, 1.54) is 24.8 Å². The Balaban J connectivity index is 1.44. The van der Waals surface area contributed by atoms with Crippen molar-refractivity contribution < 1.29 is 4.79 Å². The minimum atomic E-state index is 0.296. The Morgan fingerprint density at radius 3 is 2.52 bits per heavy atom. The van der Waals surface area contributed by atoms with E-state index in [1.54, 1.807) is 0 Å². The highest BCUT2D eigenvalue weighted by atomic mass is 16.2. The summed E-state index contributed by atoms with van der Waals surface area (Å²) >= 11 is 0. The molecule has 3 aliphatic rings. The summed E-state index contributed by atoms with van der Waals surface area (Å²) in [7, 11) is 0. The van der Waals surface area contributed by atoms with Gasteiger partial charge in [-0.15, -0.1) is 0 Å². The van der Waals surface area contributed by atoms with Crippen molar-refractivity contribution >= 4 is 5.91 Å². The summed E-state index contributed by atoms with van der Waals surface area (Å²) in [6.45, 7) is 2.07. The summed E-state index contributed by atoms with van der Waals surface area (Å²) in [4.78, 5) is 12.5. The van der Waals surface area contributed by atoms with E-state index in [9.17, 15) is 4.79 Å².